The lowest BCUT2D eigenvalue weighted by atomic mass is 10.1. The second kappa shape index (κ2) is 7.70. The zero-order chi connectivity index (χ0) is 18.6. The molecule has 6 heteroatoms. The molecule has 134 valence electrons. The Morgan fingerprint density at radius 2 is 1.72 bits per heavy atom. The van der Waals surface area contributed by atoms with Crippen LogP contribution in [0, 0.1) is 19.8 Å². The first-order chi connectivity index (χ1) is 11.7. The van der Waals surface area contributed by atoms with Gasteiger partial charge in [-0.2, -0.15) is 0 Å². The van der Waals surface area contributed by atoms with Gasteiger partial charge in [-0.05, 0) is 49.1 Å². The van der Waals surface area contributed by atoms with E-state index in [-0.39, 0.29) is 10.8 Å². The van der Waals surface area contributed by atoms with Crippen LogP contribution in [0.3, 0.4) is 0 Å². The van der Waals surface area contributed by atoms with E-state index >= 15 is 0 Å². The molecule has 1 amide bonds. The maximum absolute atomic E-state index is 12.8. The van der Waals surface area contributed by atoms with E-state index in [1.165, 1.54) is 6.07 Å². The van der Waals surface area contributed by atoms with Gasteiger partial charge in [-0.15, -0.1) is 0 Å². The van der Waals surface area contributed by atoms with Crippen LogP contribution in [-0.2, 0) is 10.0 Å². The third-order valence-corrected chi connectivity index (χ3v) is 5.31. The lowest BCUT2D eigenvalue weighted by Crippen LogP contribution is -2.27. The second-order valence-electron chi connectivity index (χ2n) is 6.50. The van der Waals surface area contributed by atoms with Crippen LogP contribution < -0.4 is 10.0 Å². The van der Waals surface area contributed by atoms with Gasteiger partial charge >= 0.3 is 0 Å². The van der Waals surface area contributed by atoms with Crippen LogP contribution in [-0.4, -0.2) is 20.9 Å². The summed E-state index contributed by atoms with van der Waals surface area (Å²) in [5.41, 5.74) is 2.27. The monoisotopic (exact) mass is 360 g/mol. The Kier molecular flexibility index (Phi) is 5.85. The molecule has 25 heavy (non-hydrogen) atoms. The van der Waals surface area contributed by atoms with Crippen molar-refractivity contribution in [1.29, 1.82) is 0 Å². The highest BCUT2D eigenvalue weighted by Gasteiger charge is 2.20. The van der Waals surface area contributed by atoms with Gasteiger partial charge in [-0.1, -0.05) is 38.1 Å². The molecule has 0 atom stereocenters. The second-order valence-corrected chi connectivity index (χ2v) is 8.16. The van der Waals surface area contributed by atoms with E-state index in [1.54, 1.807) is 31.2 Å². The van der Waals surface area contributed by atoms with E-state index in [0.717, 1.165) is 5.56 Å². The van der Waals surface area contributed by atoms with Crippen molar-refractivity contribution in [2.75, 3.05) is 11.3 Å². The molecule has 0 aliphatic carbocycles. The molecule has 0 saturated heterocycles. The predicted molar refractivity (Wildman–Crippen MR) is 100 cm³/mol. The van der Waals surface area contributed by atoms with Crippen molar-refractivity contribution in [3.8, 4) is 0 Å². The number of nitrogens with one attached hydrogen (secondary N) is 2. The van der Waals surface area contributed by atoms with Gasteiger partial charge < -0.3 is 5.32 Å². The number of aryl methyl sites for hydroxylation is 2. The first-order valence-corrected chi connectivity index (χ1v) is 9.66. The Bertz CT molecular complexity index is 874. The Hall–Kier alpha value is -2.34. The number of hydrogen-bond acceptors (Lipinski definition) is 3. The predicted octanol–water partition coefficient (Wildman–Crippen LogP) is 3.49. The lowest BCUT2D eigenvalue weighted by Gasteiger charge is -2.14. The van der Waals surface area contributed by atoms with E-state index in [4.69, 9.17) is 0 Å². The van der Waals surface area contributed by atoms with Gasteiger partial charge in [0.2, 0.25) is 0 Å². The normalized spacial score (nSPS) is 11.4. The summed E-state index contributed by atoms with van der Waals surface area (Å²) >= 11 is 0. The van der Waals surface area contributed by atoms with Gasteiger partial charge in [0.05, 0.1) is 10.6 Å². The molecule has 0 saturated carbocycles. The van der Waals surface area contributed by atoms with Crippen LogP contribution in [0.2, 0.25) is 0 Å². The summed E-state index contributed by atoms with van der Waals surface area (Å²) in [6.07, 6.45) is 0. The fraction of sp³-hybridized carbons (Fsp3) is 0.316. The number of amides is 1. The van der Waals surface area contributed by atoms with Crippen molar-refractivity contribution >= 4 is 21.6 Å². The van der Waals surface area contributed by atoms with Gasteiger partial charge in [0.15, 0.2) is 0 Å². The van der Waals surface area contributed by atoms with Crippen molar-refractivity contribution in [3.05, 3.63) is 59.2 Å². The van der Waals surface area contributed by atoms with E-state index < -0.39 is 10.0 Å². The number of hydrogen-bond donors (Lipinski definition) is 2. The topological polar surface area (TPSA) is 75.3 Å². The summed E-state index contributed by atoms with van der Waals surface area (Å²) in [7, 11) is -3.78. The van der Waals surface area contributed by atoms with Gasteiger partial charge in [0.25, 0.3) is 15.9 Å². The standard InChI is InChI=1S/C19H24N2O3S/c1-13(2)12-20-19(22)16-10-9-15(4)18(11-16)25(23,24)21-17-8-6-5-7-14(17)3/h5-11,13,21H,12H2,1-4H3,(H,20,22). The van der Waals surface area contributed by atoms with Gasteiger partial charge in [-0.3, -0.25) is 9.52 Å². The minimum atomic E-state index is -3.78. The molecule has 0 aromatic heterocycles. The highest BCUT2D eigenvalue weighted by molar-refractivity contribution is 7.92. The highest BCUT2D eigenvalue weighted by Crippen LogP contribution is 2.22. The highest BCUT2D eigenvalue weighted by atomic mass is 32.2. The Labute approximate surface area is 149 Å². The number of anilines is 1. The number of rotatable bonds is 6. The maximum Gasteiger partial charge on any atom is 0.262 e. The van der Waals surface area contributed by atoms with E-state index in [0.29, 0.717) is 29.3 Å². The van der Waals surface area contributed by atoms with Crippen LogP contribution in [0.15, 0.2) is 47.4 Å². The molecule has 2 aromatic rings. The zero-order valence-corrected chi connectivity index (χ0v) is 15.8. The smallest absolute Gasteiger partial charge is 0.262 e. The fourth-order valence-electron chi connectivity index (χ4n) is 2.32. The number of benzene rings is 2. The Morgan fingerprint density at radius 1 is 1.04 bits per heavy atom. The molecule has 0 radical (unpaired) electrons. The lowest BCUT2D eigenvalue weighted by molar-refractivity contribution is 0.0949. The number of carbonyl (C=O) groups is 1. The van der Waals surface area contributed by atoms with Gasteiger partial charge in [-0.25, -0.2) is 8.42 Å². The molecule has 2 N–H and O–H groups in total. The summed E-state index contributed by atoms with van der Waals surface area (Å²) < 4.78 is 28.1. The van der Waals surface area contributed by atoms with E-state index in [9.17, 15) is 13.2 Å². The molecule has 0 heterocycles. The fourth-order valence-corrected chi connectivity index (χ4v) is 3.72. The van der Waals surface area contributed by atoms with Crippen LogP contribution in [0.25, 0.3) is 0 Å². The summed E-state index contributed by atoms with van der Waals surface area (Å²) in [6, 6.07) is 11.9. The van der Waals surface area contributed by atoms with Crippen molar-refractivity contribution in [1.82, 2.24) is 5.32 Å². The largest absolute Gasteiger partial charge is 0.352 e. The minimum Gasteiger partial charge on any atom is -0.352 e. The summed E-state index contributed by atoms with van der Waals surface area (Å²) in [5.74, 6) is 0.0429. The Balaban J connectivity index is 2.33. The first kappa shape index (κ1) is 19.0. The van der Waals surface area contributed by atoms with Gasteiger partial charge in [0.1, 0.15) is 0 Å². The van der Waals surface area contributed by atoms with Crippen LogP contribution in [0.5, 0.6) is 0 Å². The first-order valence-electron chi connectivity index (χ1n) is 8.18. The molecule has 0 aliphatic heterocycles. The number of para-hydroxylation sites is 1. The zero-order valence-electron chi connectivity index (χ0n) is 15.0. The van der Waals surface area contributed by atoms with Crippen LogP contribution in [0.1, 0.15) is 35.3 Å². The van der Waals surface area contributed by atoms with E-state index in [2.05, 4.69) is 10.0 Å². The average Bonchev–Trinajstić information content (AvgIpc) is 2.54. The summed E-state index contributed by atoms with van der Waals surface area (Å²) in [6.45, 7) is 8.08. The van der Waals surface area contributed by atoms with Crippen LogP contribution >= 0.6 is 0 Å². The Morgan fingerprint density at radius 3 is 2.36 bits per heavy atom. The molecule has 2 aromatic carbocycles. The number of carbonyl (C=O) groups excluding carboxylic acids is 1. The van der Waals surface area contributed by atoms with Crippen molar-refractivity contribution in [3.63, 3.8) is 0 Å². The molecular weight excluding hydrogens is 336 g/mol. The molecule has 2 rings (SSSR count). The SMILES string of the molecule is Cc1ccccc1NS(=O)(=O)c1cc(C(=O)NCC(C)C)ccc1C. The summed E-state index contributed by atoms with van der Waals surface area (Å²) in [4.78, 5) is 12.3. The molecule has 0 bridgehead atoms. The average molecular weight is 360 g/mol. The molecule has 0 aliphatic rings. The van der Waals surface area contributed by atoms with Gasteiger partial charge in [0, 0.05) is 12.1 Å². The van der Waals surface area contributed by atoms with E-state index in [1.807, 2.05) is 32.9 Å². The van der Waals surface area contributed by atoms with Crippen LogP contribution in [0.4, 0.5) is 5.69 Å². The third kappa shape index (κ3) is 4.82. The van der Waals surface area contributed by atoms with Crippen molar-refractivity contribution in [2.24, 2.45) is 5.92 Å². The molecule has 0 spiro atoms. The third-order valence-electron chi connectivity index (χ3n) is 3.80. The summed E-state index contributed by atoms with van der Waals surface area (Å²) in [5, 5.41) is 2.80. The molecule has 0 fully saturated rings. The van der Waals surface area contributed by atoms with Crippen molar-refractivity contribution in [2.45, 2.75) is 32.6 Å². The quantitative estimate of drug-likeness (QED) is 0.828. The van der Waals surface area contributed by atoms with Crippen molar-refractivity contribution < 1.29 is 13.2 Å². The molecular formula is C19H24N2O3S. The maximum atomic E-state index is 12.8. The minimum absolute atomic E-state index is 0.105. The molecule has 5 nitrogen and oxygen atoms in total. The number of sulfonamides is 1. The molecule has 0 unspecified atom stereocenters.